The lowest BCUT2D eigenvalue weighted by Gasteiger charge is -2.25. The summed E-state index contributed by atoms with van der Waals surface area (Å²) in [7, 11) is -3.05. The van der Waals surface area contributed by atoms with Crippen LogP contribution in [0.15, 0.2) is 29.0 Å². The number of pyridine rings is 1. The summed E-state index contributed by atoms with van der Waals surface area (Å²) in [6, 6.07) is 2.81. The number of aryl methyl sites for hydroxylation is 1. The summed E-state index contributed by atoms with van der Waals surface area (Å²) in [5.74, 6) is -0.134. The van der Waals surface area contributed by atoms with E-state index in [1.54, 1.807) is 19.1 Å². The molecule has 4 rings (SSSR count). The van der Waals surface area contributed by atoms with Crippen molar-refractivity contribution in [2.45, 2.75) is 6.92 Å². The molecule has 156 valence electrons. The number of carbonyl (C=O) groups excluding carboxylic acids is 1. The molecule has 0 spiro atoms. The van der Waals surface area contributed by atoms with Crippen LogP contribution in [0.3, 0.4) is 0 Å². The standard InChI is InChI=1S/C19H17FN4O4S2/c1-12-14(18(23-28-12)15-4-2-13(20)10-21-15)3-5-17-22-11-16(29-17)19(25)24-6-8-30(26,27)9-7-24/h2-5,10-11H,6-9H2,1H3. The Labute approximate surface area is 176 Å². The number of carbonyl (C=O) groups is 1. The molecule has 8 nitrogen and oxygen atoms in total. The van der Waals surface area contributed by atoms with Crippen molar-refractivity contribution < 1.29 is 22.1 Å². The number of hydrogen-bond donors (Lipinski definition) is 0. The topological polar surface area (TPSA) is 106 Å². The Balaban J connectivity index is 1.51. The zero-order chi connectivity index (χ0) is 21.3. The first-order valence-electron chi connectivity index (χ1n) is 9.04. The van der Waals surface area contributed by atoms with Crippen LogP contribution in [0.25, 0.3) is 23.5 Å². The fourth-order valence-electron chi connectivity index (χ4n) is 2.97. The summed E-state index contributed by atoms with van der Waals surface area (Å²) >= 11 is 1.21. The van der Waals surface area contributed by atoms with Crippen LogP contribution >= 0.6 is 11.3 Å². The molecule has 3 aromatic heterocycles. The second-order valence-electron chi connectivity index (χ2n) is 6.70. The number of amides is 1. The molecule has 4 heterocycles. The van der Waals surface area contributed by atoms with Gasteiger partial charge in [-0.05, 0) is 31.2 Å². The minimum atomic E-state index is -3.05. The molecule has 0 aliphatic carbocycles. The van der Waals surface area contributed by atoms with Crippen molar-refractivity contribution >= 4 is 39.2 Å². The van der Waals surface area contributed by atoms with Gasteiger partial charge in [0.15, 0.2) is 9.84 Å². The molecule has 1 aliphatic rings. The van der Waals surface area contributed by atoms with E-state index >= 15 is 0 Å². The summed E-state index contributed by atoms with van der Waals surface area (Å²) in [4.78, 5) is 22.8. The Bertz CT molecular complexity index is 1200. The molecule has 1 saturated heterocycles. The second-order valence-corrected chi connectivity index (χ2v) is 10.1. The van der Waals surface area contributed by atoms with Crippen molar-refractivity contribution in [3.8, 4) is 11.4 Å². The first-order chi connectivity index (χ1) is 14.3. The largest absolute Gasteiger partial charge is 0.360 e. The van der Waals surface area contributed by atoms with E-state index in [9.17, 15) is 17.6 Å². The van der Waals surface area contributed by atoms with Gasteiger partial charge in [-0.25, -0.2) is 17.8 Å². The van der Waals surface area contributed by atoms with E-state index in [2.05, 4.69) is 15.1 Å². The molecule has 30 heavy (non-hydrogen) atoms. The van der Waals surface area contributed by atoms with Gasteiger partial charge in [0, 0.05) is 18.7 Å². The van der Waals surface area contributed by atoms with Crippen molar-refractivity contribution in [3.05, 3.63) is 51.6 Å². The monoisotopic (exact) mass is 448 g/mol. The fraction of sp³-hybridized carbons (Fsp3) is 0.263. The maximum Gasteiger partial charge on any atom is 0.265 e. The highest BCUT2D eigenvalue weighted by Crippen LogP contribution is 2.26. The van der Waals surface area contributed by atoms with Crippen LogP contribution in [0.1, 0.15) is 26.0 Å². The van der Waals surface area contributed by atoms with Crippen LogP contribution in [0.5, 0.6) is 0 Å². The SMILES string of the molecule is Cc1onc(-c2ccc(F)cn2)c1C=Cc1ncc(C(=O)N2CCS(=O)(=O)CC2)s1. The van der Waals surface area contributed by atoms with Crippen molar-refractivity contribution in [2.24, 2.45) is 0 Å². The number of halogens is 1. The molecule has 0 N–H and O–H groups in total. The van der Waals surface area contributed by atoms with Crippen molar-refractivity contribution in [1.82, 2.24) is 20.0 Å². The third-order valence-electron chi connectivity index (χ3n) is 4.64. The van der Waals surface area contributed by atoms with E-state index in [0.29, 0.717) is 32.6 Å². The van der Waals surface area contributed by atoms with Crippen LogP contribution in [-0.4, -0.2) is 58.9 Å². The molecule has 1 fully saturated rings. The highest BCUT2D eigenvalue weighted by Gasteiger charge is 2.26. The second kappa shape index (κ2) is 8.07. The lowest BCUT2D eigenvalue weighted by atomic mass is 10.1. The number of thiazole rings is 1. The lowest BCUT2D eigenvalue weighted by molar-refractivity contribution is 0.0775. The zero-order valence-electron chi connectivity index (χ0n) is 15.9. The molecule has 0 bridgehead atoms. The van der Waals surface area contributed by atoms with Gasteiger partial charge < -0.3 is 9.42 Å². The van der Waals surface area contributed by atoms with E-state index in [4.69, 9.17) is 4.52 Å². The van der Waals surface area contributed by atoms with Crippen LogP contribution in [0.4, 0.5) is 4.39 Å². The molecule has 1 amide bonds. The van der Waals surface area contributed by atoms with Gasteiger partial charge in [0.2, 0.25) is 0 Å². The number of nitrogens with zero attached hydrogens (tertiary/aromatic N) is 4. The van der Waals surface area contributed by atoms with Gasteiger partial charge >= 0.3 is 0 Å². The van der Waals surface area contributed by atoms with Crippen molar-refractivity contribution in [3.63, 3.8) is 0 Å². The Morgan fingerprint density at radius 3 is 2.67 bits per heavy atom. The predicted octanol–water partition coefficient (Wildman–Crippen LogP) is 2.68. The average Bonchev–Trinajstić information content (AvgIpc) is 3.33. The maximum atomic E-state index is 13.1. The fourth-order valence-corrected chi connectivity index (χ4v) is 4.96. The highest BCUT2D eigenvalue weighted by molar-refractivity contribution is 7.91. The smallest absolute Gasteiger partial charge is 0.265 e. The zero-order valence-corrected chi connectivity index (χ0v) is 17.5. The Hall–Kier alpha value is -2.92. The number of aromatic nitrogens is 3. The van der Waals surface area contributed by atoms with E-state index in [0.717, 1.165) is 6.20 Å². The minimum Gasteiger partial charge on any atom is -0.360 e. The van der Waals surface area contributed by atoms with Gasteiger partial charge in [0.1, 0.15) is 27.2 Å². The van der Waals surface area contributed by atoms with E-state index in [1.807, 2.05) is 0 Å². The number of rotatable bonds is 4. The third-order valence-corrected chi connectivity index (χ3v) is 7.20. The Kier molecular flexibility index (Phi) is 5.48. The molecule has 0 aromatic carbocycles. The van der Waals surface area contributed by atoms with E-state index < -0.39 is 15.7 Å². The molecular weight excluding hydrogens is 431 g/mol. The van der Waals surface area contributed by atoms with E-state index in [1.165, 1.54) is 34.6 Å². The van der Waals surface area contributed by atoms with Gasteiger partial charge in [0.05, 0.1) is 29.6 Å². The minimum absolute atomic E-state index is 0.0166. The van der Waals surface area contributed by atoms with Gasteiger partial charge in [-0.2, -0.15) is 0 Å². The molecule has 3 aromatic rings. The van der Waals surface area contributed by atoms with Gasteiger partial charge in [0.25, 0.3) is 5.91 Å². The molecule has 1 aliphatic heterocycles. The normalized spacial score (nSPS) is 16.3. The van der Waals surface area contributed by atoms with Crippen molar-refractivity contribution in [2.75, 3.05) is 24.6 Å². The molecule has 0 atom stereocenters. The third kappa shape index (κ3) is 4.31. The molecular formula is C19H17FN4O4S2. The first-order valence-corrected chi connectivity index (χ1v) is 11.7. The quantitative estimate of drug-likeness (QED) is 0.604. The van der Waals surface area contributed by atoms with Crippen LogP contribution in [0, 0.1) is 12.7 Å². The number of hydrogen-bond acceptors (Lipinski definition) is 8. The van der Waals surface area contributed by atoms with Crippen LogP contribution in [0.2, 0.25) is 0 Å². The summed E-state index contributed by atoms with van der Waals surface area (Å²) in [6.45, 7) is 2.14. The maximum absolute atomic E-state index is 13.1. The Morgan fingerprint density at radius 1 is 1.20 bits per heavy atom. The van der Waals surface area contributed by atoms with Gasteiger partial charge in [-0.1, -0.05) is 5.16 Å². The number of sulfone groups is 1. The van der Waals surface area contributed by atoms with E-state index in [-0.39, 0.29) is 30.5 Å². The predicted molar refractivity (Wildman–Crippen MR) is 110 cm³/mol. The average molecular weight is 449 g/mol. The lowest BCUT2D eigenvalue weighted by Crippen LogP contribution is -2.43. The molecule has 0 unspecified atom stereocenters. The van der Waals surface area contributed by atoms with Crippen LogP contribution in [-0.2, 0) is 9.84 Å². The summed E-state index contributed by atoms with van der Waals surface area (Å²) < 4.78 is 41.5. The molecule has 0 radical (unpaired) electrons. The summed E-state index contributed by atoms with van der Waals surface area (Å²) in [6.07, 6.45) is 6.08. The molecule has 0 saturated carbocycles. The first kappa shape index (κ1) is 20.4. The highest BCUT2D eigenvalue weighted by atomic mass is 32.2. The Morgan fingerprint density at radius 2 is 1.97 bits per heavy atom. The summed E-state index contributed by atoms with van der Waals surface area (Å²) in [5.41, 5.74) is 1.63. The van der Waals surface area contributed by atoms with Gasteiger partial charge in [-0.3, -0.25) is 9.78 Å². The van der Waals surface area contributed by atoms with Crippen LogP contribution < -0.4 is 0 Å². The van der Waals surface area contributed by atoms with Gasteiger partial charge in [-0.15, -0.1) is 11.3 Å². The molecule has 11 heteroatoms. The summed E-state index contributed by atoms with van der Waals surface area (Å²) in [5, 5.41) is 4.59. The van der Waals surface area contributed by atoms with Crippen molar-refractivity contribution in [1.29, 1.82) is 0 Å².